The Balaban J connectivity index is 1.34. The van der Waals surface area contributed by atoms with E-state index in [9.17, 15) is 18.0 Å². The van der Waals surface area contributed by atoms with Crippen LogP contribution in [0, 0.1) is 5.92 Å². The van der Waals surface area contributed by atoms with Gasteiger partial charge in [0.05, 0.1) is 28.7 Å². The van der Waals surface area contributed by atoms with Crippen molar-refractivity contribution in [3.63, 3.8) is 0 Å². The van der Waals surface area contributed by atoms with Crippen molar-refractivity contribution in [3.05, 3.63) is 65.6 Å². The molecule has 2 aromatic heterocycles. The Bertz CT molecular complexity index is 1080. The van der Waals surface area contributed by atoms with Crippen LogP contribution in [0.25, 0.3) is 11.4 Å². The molecule has 32 heavy (non-hydrogen) atoms. The Morgan fingerprint density at radius 1 is 1.03 bits per heavy atom. The van der Waals surface area contributed by atoms with Crippen molar-refractivity contribution < 1.29 is 18.0 Å². The fourth-order valence-corrected chi connectivity index (χ4v) is 3.83. The van der Waals surface area contributed by atoms with Gasteiger partial charge in [0.25, 0.3) is 0 Å². The number of anilines is 2. The summed E-state index contributed by atoms with van der Waals surface area (Å²) in [6, 6.07) is 10.4. The molecule has 0 aliphatic carbocycles. The van der Waals surface area contributed by atoms with Crippen LogP contribution in [0.2, 0.25) is 5.02 Å². The molecule has 0 saturated carbocycles. The Labute approximate surface area is 187 Å². The lowest BCUT2D eigenvalue weighted by atomic mass is 9.96. The summed E-state index contributed by atoms with van der Waals surface area (Å²) in [4.78, 5) is 26.9. The number of pyridine rings is 1. The molecule has 1 aromatic carbocycles. The van der Waals surface area contributed by atoms with Crippen LogP contribution in [0.4, 0.5) is 24.7 Å². The predicted molar refractivity (Wildman–Crippen MR) is 115 cm³/mol. The number of nitrogens with one attached hydrogen (secondary N) is 1. The van der Waals surface area contributed by atoms with E-state index in [1.165, 1.54) is 0 Å². The molecule has 1 fully saturated rings. The minimum absolute atomic E-state index is 0.0571. The quantitative estimate of drug-likeness (QED) is 0.587. The maximum Gasteiger partial charge on any atom is 0.417 e. The molecule has 0 bridgehead atoms. The van der Waals surface area contributed by atoms with E-state index >= 15 is 0 Å². The summed E-state index contributed by atoms with van der Waals surface area (Å²) in [7, 11) is 0. The largest absolute Gasteiger partial charge is 0.417 e. The number of amides is 1. The molecule has 10 heteroatoms. The van der Waals surface area contributed by atoms with Gasteiger partial charge in [0.2, 0.25) is 5.91 Å². The van der Waals surface area contributed by atoms with Crippen LogP contribution in [-0.2, 0) is 11.0 Å². The Morgan fingerprint density at radius 2 is 1.69 bits per heavy atom. The van der Waals surface area contributed by atoms with Crippen molar-refractivity contribution in [2.75, 3.05) is 23.3 Å². The smallest absolute Gasteiger partial charge is 0.355 e. The normalized spacial score (nSPS) is 14.9. The van der Waals surface area contributed by atoms with Crippen LogP contribution in [0.3, 0.4) is 0 Å². The number of carbonyl (C=O) groups excluding carboxylic acids is 1. The van der Waals surface area contributed by atoms with Gasteiger partial charge in [-0.25, -0.2) is 15.0 Å². The zero-order valence-corrected chi connectivity index (χ0v) is 17.6. The predicted octanol–water partition coefficient (Wildman–Crippen LogP) is 5.07. The summed E-state index contributed by atoms with van der Waals surface area (Å²) < 4.78 is 38.4. The highest BCUT2D eigenvalue weighted by atomic mass is 35.5. The lowest BCUT2D eigenvalue weighted by Gasteiger charge is -2.32. The van der Waals surface area contributed by atoms with Crippen LogP contribution in [0.5, 0.6) is 0 Å². The highest BCUT2D eigenvalue weighted by molar-refractivity contribution is 6.33. The topological polar surface area (TPSA) is 71.0 Å². The lowest BCUT2D eigenvalue weighted by Crippen LogP contribution is -2.38. The average Bonchev–Trinajstić information content (AvgIpc) is 2.79. The summed E-state index contributed by atoms with van der Waals surface area (Å²) in [5.74, 6) is 0.474. The molecule has 1 aliphatic heterocycles. The van der Waals surface area contributed by atoms with E-state index in [0.29, 0.717) is 43.3 Å². The molecule has 0 spiro atoms. The average molecular weight is 462 g/mol. The van der Waals surface area contributed by atoms with Crippen molar-refractivity contribution >= 4 is 29.0 Å². The van der Waals surface area contributed by atoms with Crippen molar-refractivity contribution in [2.45, 2.75) is 19.0 Å². The summed E-state index contributed by atoms with van der Waals surface area (Å²) in [6.07, 6.45) is 0.451. The maximum absolute atomic E-state index is 12.8. The Kier molecular flexibility index (Phi) is 6.27. The second-order valence-electron chi connectivity index (χ2n) is 7.44. The van der Waals surface area contributed by atoms with E-state index in [-0.39, 0.29) is 16.8 Å². The van der Waals surface area contributed by atoms with Gasteiger partial charge in [-0.2, -0.15) is 13.2 Å². The highest BCUT2D eigenvalue weighted by Crippen LogP contribution is 2.34. The van der Waals surface area contributed by atoms with Crippen LogP contribution < -0.4 is 10.2 Å². The number of alkyl halides is 3. The third kappa shape index (κ3) is 4.99. The first kappa shape index (κ1) is 22.0. The van der Waals surface area contributed by atoms with Gasteiger partial charge in [0.15, 0.2) is 5.82 Å². The fraction of sp³-hybridized carbons (Fsp3) is 0.273. The van der Waals surface area contributed by atoms with E-state index in [1.807, 2.05) is 30.3 Å². The summed E-state index contributed by atoms with van der Waals surface area (Å²) in [5, 5.41) is 2.77. The molecule has 4 rings (SSSR count). The van der Waals surface area contributed by atoms with Crippen molar-refractivity contribution in [2.24, 2.45) is 5.92 Å². The molecule has 1 saturated heterocycles. The van der Waals surface area contributed by atoms with Gasteiger partial charge >= 0.3 is 6.18 Å². The molecular formula is C22H19ClF3N5O. The molecular weight excluding hydrogens is 443 g/mol. The molecule has 6 nitrogen and oxygen atoms in total. The zero-order valence-electron chi connectivity index (χ0n) is 16.8. The zero-order chi connectivity index (χ0) is 22.7. The number of benzene rings is 1. The van der Waals surface area contributed by atoms with Crippen molar-refractivity contribution in [3.8, 4) is 11.4 Å². The van der Waals surface area contributed by atoms with Crippen LogP contribution in [0.15, 0.2) is 55.0 Å². The second kappa shape index (κ2) is 9.12. The maximum atomic E-state index is 12.8. The number of rotatable bonds is 4. The molecule has 1 N–H and O–H groups in total. The van der Waals surface area contributed by atoms with E-state index < -0.39 is 11.7 Å². The third-order valence-electron chi connectivity index (χ3n) is 5.27. The number of nitrogens with zero attached hydrogens (tertiary/aromatic N) is 4. The lowest BCUT2D eigenvalue weighted by molar-refractivity contribution is -0.137. The van der Waals surface area contributed by atoms with Gasteiger partial charge in [0, 0.05) is 30.8 Å². The minimum Gasteiger partial charge on any atom is -0.355 e. The number of carbonyl (C=O) groups is 1. The summed E-state index contributed by atoms with van der Waals surface area (Å²) in [6.45, 7) is 0.916. The Hall–Kier alpha value is -3.20. The van der Waals surface area contributed by atoms with Crippen LogP contribution in [-0.4, -0.2) is 33.9 Å². The van der Waals surface area contributed by atoms with E-state index in [4.69, 9.17) is 11.6 Å². The molecule has 0 atom stereocenters. The van der Waals surface area contributed by atoms with Crippen molar-refractivity contribution in [1.29, 1.82) is 0 Å². The standard InChI is InChI=1S/C22H19ClF3N5O/c23-18-10-16(22(24,25)26)11-29-20(18)31-8-6-15(7-9-31)21(32)30-17-12-27-19(28-13-17)14-4-2-1-3-5-14/h1-5,10-13,15H,6-9H2,(H,30,32). The van der Waals surface area contributed by atoms with E-state index in [0.717, 1.165) is 17.8 Å². The highest BCUT2D eigenvalue weighted by Gasteiger charge is 2.33. The molecule has 3 aromatic rings. The van der Waals surface area contributed by atoms with Gasteiger partial charge in [0.1, 0.15) is 5.82 Å². The first-order chi connectivity index (χ1) is 15.3. The summed E-state index contributed by atoms with van der Waals surface area (Å²) >= 11 is 6.03. The molecule has 1 aliphatic rings. The first-order valence-electron chi connectivity index (χ1n) is 9.97. The van der Waals surface area contributed by atoms with Gasteiger partial charge in [-0.05, 0) is 18.9 Å². The van der Waals surface area contributed by atoms with Crippen molar-refractivity contribution in [1.82, 2.24) is 15.0 Å². The first-order valence-corrected chi connectivity index (χ1v) is 10.3. The second-order valence-corrected chi connectivity index (χ2v) is 7.85. The third-order valence-corrected chi connectivity index (χ3v) is 5.54. The van der Waals surface area contributed by atoms with E-state index in [2.05, 4.69) is 20.3 Å². The van der Waals surface area contributed by atoms with Gasteiger partial charge < -0.3 is 10.2 Å². The molecule has 0 unspecified atom stereocenters. The minimum atomic E-state index is -4.50. The SMILES string of the molecule is O=C(Nc1cnc(-c2ccccc2)nc1)C1CCN(c2ncc(C(F)(F)F)cc2Cl)CC1. The van der Waals surface area contributed by atoms with Crippen LogP contribution in [0.1, 0.15) is 18.4 Å². The number of hydrogen-bond donors (Lipinski definition) is 1. The van der Waals surface area contributed by atoms with Gasteiger partial charge in [-0.15, -0.1) is 0 Å². The molecule has 166 valence electrons. The van der Waals surface area contributed by atoms with Gasteiger partial charge in [-0.1, -0.05) is 41.9 Å². The summed E-state index contributed by atoms with van der Waals surface area (Å²) in [5.41, 5.74) is 0.499. The molecule has 1 amide bonds. The van der Waals surface area contributed by atoms with Gasteiger partial charge in [-0.3, -0.25) is 4.79 Å². The number of piperidine rings is 1. The number of aromatic nitrogens is 3. The Morgan fingerprint density at radius 3 is 2.28 bits per heavy atom. The monoisotopic (exact) mass is 461 g/mol. The number of halogens is 4. The molecule has 0 radical (unpaired) electrons. The fourth-order valence-electron chi connectivity index (χ4n) is 3.55. The molecule has 3 heterocycles. The van der Waals surface area contributed by atoms with Crippen LogP contribution >= 0.6 is 11.6 Å². The number of hydrogen-bond acceptors (Lipinski definition) is 5. The van der Waals surface area contributed by atoms with E-state index in [1.54, 1.807) is 17.3 Å².